The van der Waals surface area contributed by atoms with E-state index in [1.807, 2.05) is 0 Å². The predicted molar refractivity (Wildman–Crippen MR) is 23.8 cm³/mol. The van der Waals surface area contributed by atoms with Crippen molar-refractivity contribution in [1.82, 2.24) is 5.73 Å². The van der Waals surface area contributed by atoms with E-state index in [2.05, 4.69) is 6.58 Å². The minimum atomic E-state index is -1.42. The van der Waals surface area contributed by atoms with Crippen molar-refractivity contribution in [3.05, 3.63) is 12.7 Å². The Hall–Kier alpha value is -0.830. The normalized spacial score (nSPS) is 12.7. The molecule has 0 spiro atoms. The van der Waals surface area contributed by atoms with Crippen LogP contribution in [-0.2, 0) is 4.79 Å². The van der Waals surface area contributed by atoms with E-state index in [9.17, 15) is 4.79 Å². The number of hydrogen-bond acceptors (Lipinski definition) is 1. The number of hydrogen-bond donors (Lipinski definition) is 1. The molecular formula is C4H5NO2. The fraction of sp³-hybridized carbons (Fsp3) is 0.250. The average Bonchev–Trinajstić information content (AvgIpc) is 1.65. The molecule has 0 aliphatic rings. The van der Waals surface area contributed by atoms with Gasteiger partial charge in [0.15, 0.2) is 6.04 Å². The van der Waals surface area contributed by atoms with Gasteiger partial charge in [-0.05, 0) is 0 Å². The third kappa shape index (κ3) is 1.94. The molecule has 1 unspecified atom stereocenters. The Bertz CT molecular complexity index is 89.7. The van der Waals surface area contributed by atoms with Crippen LogP contribution in [0, 0.1) is 0 Å². The van der Waals surface area contributed by atoms with Gasteiger partial charge in [0.25, 0.3) is 0 Å². The van der Waals surface area contributed by atoms with Crippen LogP contribution in [0.4, 0.5) is 0 Å². The lowest BCUT2D eigenvalue weighted by Gasteiger charge is -1.89. The zero-order chi connectivity index (χ0) is 5.86. The molecule has 0 heterocycles. The second-order valence-electron chi connectivity index (χ2n) is 1.02. The van der Waals surface area contributed by atoms with E-state index < -0.39 is 12.0 Å². The number of nitrogens with zero attached hydrogens (tertiary/aromatic N) is 1. The molecule has 0 saturated heterocycles. The van der Waals surface area contributed by atoms with E-state index in [0.717, 1.165) is 6.08 Å². The van der Waals surface area contributed by atoms with E-state index in [4.69, 9.17) is 10.8 Å². The molecule has 0 aromatic carbocycles. The minimum Gasteiger partial charge on any atom is -0.480 e. The molecule has 0 aromatic rings. The Morgan fingerprint density at radius 3 is 2.43 bits per heavy atom. The molecule has 0 amide bonds. The van der Waals surface area contributed by atoms with Gasteiger partial charge >= 0.3 is 5.97 Å². The minimum absolute atomic E-state index is 0.947. The number of rotatable bonds is 2. The third-order valence-corrected chi connectivity index (χ3v) is 0.476. The first-order chi connectivity index (χ1) is 3.18. The maximum atomic E-state index is 9.61. The molecule has 1 N–H and O–H groups in total. The summed E-state index contributed by atoms with van der Waals surface area (Å²) in [6, 6.07) is -1.42. The molecule has 3 nitrogen and oxygen atoms in total. The second kappa shape index (κ2) is 2.36. The molecule has 0 aromatic heterocycles. The maximum absolute atomic E-state index is 9.61. The summed E-state index contributed by atoms with van der Waals surface area (Å²) < 4.78 is 0. The Balaban J connectivity index is 3.55. The summed E-state index contributed by atoms with van der Waals surface area (Å²) >= 11 is 0. The first-order valence-corrected chi connectivity index (χ1v) is 1.72. The summed E-state index contributed by atoms with van der Waals surface area (Å²) in [7, 11) is 0. The third-order valence-electron chi connectivity index (χ3n) is 0.476. The first kappa shape index (κ1) is 6.17. The number of carbonyl (C=O) groups is 1. The molecule has 3 heteroatoms. The SMILES string of the molecule is C=CC([N])C(=O)O. The maximum Gasteiger partial charge on any atom is 0.328 e. The molecule has 0 aliphatic carbocycles. The van der Waals surface area contributed by atoms with Crippen molar-refractivity contribution in [3.8, 4) is 0 Å². The van der Waals surface area contributed by atoms with Crippen LogP contribution < -0.4 is 5.73 Å². The van der Waals surface area contributed by atoms with Gasteiger partial charge in [0, 0.05) is 0 Å². The summed E-state index contributed by atoms with van der Waals surface area (Å²) in [5.41, 5.74) is 8.22. The van der Waals surface area contributed by atoms with Crippen LogP contribution in [0.2, 0.25) is 0 Å². The molecule has 0 fully saturated rings. The monoisotopic (exact) mass is 99.0 g/mol. The molecular weight excluding hydrogens is 94.0 g/mol. The Kier molecular flexibility index (Phi) is 2.08. The van der Waals surface area contributed by atoms with Crippen molar-refractivity contribution >= 4 is 5.97 Å². The summed E-state index contributed by atoms with van der Waals surface area (Å²) in [5, 5.41) is 7.86. The highest BCUT2D eigenvalue weighted by Crippen LogP contribution is 1.77. The van der Waals surface area contributed by atoms with Gasteiger partial charge in [-0.3, -0.25) is 4.79 Å². The molecule has 0 saturated carbocycles. The van der Waals surface area contributed by atoms with Gasteiger partial charge in [0.05, 0.1) is 0 Å². The molecule has 0 rings (SSSR count). The Labute approximate surface area is 41.4 Å². The number of carboxylic acid groups (broad SMARTS) is 1. The highest BCUT2D eigenvalue weighted by Gasteiger charge is 2.05. The van der Waals surface area contributed by atoms with E-state index >= 15 is 0 Å². The van der Waals surface area contributed by atoms with Crippen LogP contribution in [0.15, 0.2) is 12.7 Å². The van der Waals surface area contributed by atoms with E-state index in [-0.39, 0.29) is 0 Å². The van der Waals surface area contributed by atoms with Gasteiger partial charge in [-0.15, -0.1) is 12.3 Å². The fourth-order valence-corrected chi connectivity index (χ4v) is 0.101. The van der Waals surface area contributed by atoms with Gasteiger partial charge in [-0.25, -0.2) is 0 Å². The van der Waals surface area contributed by atoms with Crippen LogP contribution >= 0.6 is 0 Å². The van der Waals surface area contributed by atoms with Crippen molar-refractivity contribution in [2.75, 3.05) is 0 Å². The van der Waals surface area contributed by atoms with Gasteiger partial charge < -0.3 is 5.11 Å². The summed E-state index contributed by atoms with van der Waals surface area (Å²) in [4.78, 5) is 9.61. The summed E-state index contributed by atoms with van der Waals surface area (Å²) in [6.07, 6.45) is 0.947. The van der Waals surface area contributed by atoms with E-state index in [1.165, 1.54) is 0 Å². The first-order valence-electron chi connectivity index (χ1n) is 1.72. The van der Waals surface area contributed by atoms with Crippen LogP contribution in [-0.4, -0.2) is 17.1 Å². The van der Waals surface area contributed by atoms with E-state index in [0.29, 0.717) is 0 Å². The smallest absolute Gasteiger partial charge is 0.328 e. The van der Waals surface area contributed by atoms with Gasteiger partial charge in [-0.1, -0.05) is 6.08 Å². The topological polar surface area (TPSA) is 59.6 Å². The van der Waals surface area contributed by atoms with E-state index in [1.54, 1.807) is 0 Å². The molecule has 38 valence electrons. The molecule has 0 aliphatic heterocycles. The van der Waals surface area contributed by atoms with Crippen LogP contribution in [0.1, 0.15) is 0 Å². The van der Waals surface area contributed by atoms with Crippen LogP contribution in [0.5, 0.6) is 0 Å². The van der Waals surface area contributed by atoms with Gasteiger partial charge in [-0.2, -0.15) is 0 Å². The van der Waals surface area contributed by atoms with Crippen LogP contribution in [0.3, 0.4) is 0 Å². The highest BCUT2D eigenvalue weighted by molar-refractivity contribution is 5.75. The zero-order valence-electron chi connectivity index (χ0n) is 3.66. The number of aliphatic carboxylic acids is 1. The summed E-state index contributed by atoms with van der Waals surface area (Å²) in [5.74, 6) is -1.27. The van der Waals surface area contributed by atoms with Crippen molar-refractivity contribution in [2.24, 2.45) is 0 Å². The van der Waals surface area contributed by atoms with Gasteiger partial charge in [0.1, 0.15) is 0 Å². The quantitative estimate of drug-likeness (QED) is 0.483. The lowest BCUT2D eigenvalue weighted by Crippen LogP contribution is -2.17. The molecule has 2 radical (unpaired) electrons. The van der Waals surface area contributed by atoms with Crippen molar-refractivity contribution in [3.63, 3.8) is 0 Å². The molecule has 7 heavy (non-hydrogen) atoms. The second-order valence-corrected chi connectivity index (χ2v) is 1.02. The average molecular weight is 99.1 g/mol. The van der Waals surface area contributed by atoms with Crippen LogP contribution in [0.25, 0.3) is 0 Å². The lowest BCUT2D eigenvalue weighted by atomic mass is 10.3. The molecule has 0 bridgehead atoms. The number of carboxylic acids is 1. The Morgan fingerprint density at radius 2 is 2.43 bits per heavy atom. The lowest BCUT2D eigenvalue weighted by molar-refractivity contribution is -0.137. The fourth-order valence-electron chi connectivity index (χ4n) is 0.101. The zero-order valence-corrected chi connectivity index (χ0v) is 3.66. The van der Waals surface area contributed by atoms with Crippen molar-refractivity contribution in [2.45, 2.75) is 6.04 Å². The Morgan fingerprint density at radius 1 is 2.00 bits per heavy atom. The highest BCUT2D eigenvalue weighted by atomic mass is 16.4. The summed E-state index contributed by atoms with van der Waals surface area (Å²) in [6.45, 7) is 3.05. The predicted octanol–water partition coefficient (Wildman–Crippen LogP) is -0.306. The largest absolute Gasteiger partial charge is 0.480 e. The van der Waals surface area contributed by atoms with Crippen molar-refractivity contribution < 1.29 is 9.90 Å². The standard InChI is InChI=1S/C4H5NO2/c1-2-3(5)4(6)7/h2-3H,1H2,(H,6,7). The van der Waals surface area contributed by atoms with Crippen molar-refractivity contribution in [1.29, 1.82) is 0 Å². The molecule has 1 atom stereocenters. The van der Waals surface area contributed by atoms with Gasteiger partial charge in [0.2, 0.25) is 0 Å².